The first-order valence-corrected chi connectivity index (χ1v) is 9.49. The zero-order valence-corrected chi connectivity index (χ0v) is 15.5. The molecular weight excluding hydrogens is 372 g/mol. The molecule has 0 spiro atoms. The number of hydrogen-bond acceptors (Lipinski definition) is 7. The second-order valence-electron chi connectivity index (χ2n) is 5.20. The SMILES string of the molecule is COc1ccc(-c2csc(NC(=O)CCC(=O)Nc3nccs3)n2)cc1. The molecule has 3 rings (SSSR count). The minimum atomic E-state index is -0.255. The largest absolute Gasteiger partial charge is 0.497 e. The number of nitrogens with one attached hydrogen (secondary N) is 2. The van der Waals surface area contributed by atoms with Crippen molar-refractivity contribution in [3.05, 3.63) is 41.2 Å². The Hall–Kier alpha value is -2.78. The van der Waals surface area contributed by atoms with E-state index < -0.39 is 0 Å². The summed E-state index contributed by atoms with van der Waals surface area (Å²) in [5.74, 6) is 0.275. The van der Waals surface area contributed by atoms with E-state index in [2.05, 4.69) is 20.6 Å². The minimum Gasteiger partial charge on any atom is -0.497 e. The first-order valence-electron chi connectivity index (χ1n) is 7.73. The molecule has 7 nitrogen and oxygen atoms in total. The van der Waals surface area contributed by atoms with Gasteiger partial charge in [-0.1, -0.05) is 0 Å². The van der Waals surface area contributed by atoms with E-state index in [1.165, 1.54) is 22.7 Å². The number of amides is 2. The fourth-order valence-corrected chi connectivity index (χ4v) is 3.38. The van der Waals surface area contributed by atoms with Crippen LogP contribution in [0.1, 0.15) is 12.8 Å². The van der Waals surface area contributed by atoms with E-state index in [0.29, 0.717) is 10.3 Å². The van der Waals surface area contributed by atoms with Crippen molar-refractivity contribution >= 4 is 44.8 Å². The molecule has 0 atom stereocenters. The van der Waals surface area contributed by atoms with Crippen molar-refractivity contribution in [1.82, 2.24) is 9.97 Å². The number of hydrogen-bond donors (Lipinski definition) is 2. The highest BCUT2D eigenvalue weighted by Gasteiger charge is 2.11. The number of anilines is 2. The molecule has 9 heteroatoms. The zero-order chi connectivity index (χ0) is 18.4. The summed E-state index contributed by atoms with van der Waals surface area (Å²) < 4.78 is 5.13. The number of nitrogens with zero attached hydrogens (tertiary/aromatic N) is 2. The standard InChI is InChI=1S/C17H16N4O3S2/c1-24-12-4-2-11(3-5-12)13-10-26-17(19-13)21-15(23)7-6-14(22)20-16-18-8-9-25-16/h2-5,8-10H,6-7H2,1H3,(H,18,20,22)(H,19,21,23). The van der Waals surface area contributed by atoms with Gasteiger partial charge in [-0.3, -0.25) is 9.59 Å². The molecule has 0 aliphatic rings. The van der Waals surface area contributed by atoms with E-state index in [4.69, 9.17) is 4.74 Å². The molecule has 0 fully saturated rings. The molecule has 0 aliphatic heterocycles. The Balaban J connectivity index is 1.50. The van der Waals surface area contributed by atoms with Crippen LogP contribution in [0.5, 0.6) is 5.75 Å². The molecule has 0 radical (unpaired) electrons. The third-order valence-electron chi connectivity index (χ3n) is 3.39. The summed E-state index contributed by atoms with van der Waals surface area (Å²) in [7, 11) is 1.61. The maximum atomic E-state index is 12.0. The summed E-state index contributed by atoms with van der Waals surface area (Å²) in [5, 5.41) is 10.0. The van der Waals surface area contributed by atoms with Crippen molar-refractivity contribution in [2.24, 2.45) is 0 Å². The lowest BCUT2D eigenvalue weighted by Gasteiger charge is -2.03. The molecule has 0 saturated heterocycles. The number of thiazole rings is 2. The first kappa shape index (κ1) is 18.0. The molecule has 2 N–H and O–H groups in total. The highest BCUT2D eigenvalue weighted by Crippen LogP contribution is 2.26. The van der Waals surface area contributed by atoms with Crippen molar-refractivity contribution in [2.75, 3.05) is 17.7 Å². The van der Waals surface area contributed by atoms with E-state index in [-0.39, 0.29) is 24.7 Å². The minimum absolute atomic E-state index is 0.0780. The van der Waals surface area contributed by atoms with Crippen molar-refractivity contribution in [1.29, 1.82) is 0 Å². The first-order chi connectivity index (χ1) is 12.6. The fourth-order valence-electron chi connectivity index (χ4n) is 2.10. The average Bonchev–Trinajstić information content (AvgIpc) is 3.32. The van der Waals surface area contributed by atoms with Crippen molar-refractivity contribution in [2.45, 2.75) is 12.8 Å². The van der Waals surface area contributed by atoms with E-state index in [1.54, 1.807) is 18.7 Å². The van der Waals surface area contributed by atoms with Gasteiger partial charge in [-0.25, -0.2) is 9.97 Å². The van der Waals surface area contributed by atoms with Crippen LogP contribution in [-0.4, -0.2) is 28.9 Å². The lowest BCUT2D eigenvalue weighted by molar-refractivity contribution is -0.121. The molecule has 0 unspecified atom stereocenters. The summed E-state index contributed by atoms with van der Waals surface area (Å²) in [4.78, 5) is 32.1. The predicted octanol–water partition coefficient (Wildman–Crippen LogP) is 3.63. The van der Waals surface area contributed by atoms with E-state index >= 15 is 0 Å². The highest BCUT2D eigenvalue weighted by atomic mass is 32.1. The third-order valence-corrected chi connectivity index (χ3v) is 4.84. The Morgan fingerprint density at radius 1 is 1.04 bits per heavy atom. The molecular formula is C17H16N4O3S2. The van der Waals surface area contributed by atoms with Gasteiger partial charge in [0.2, 0.25) is 11.8 Å². The molecule has 3 aromatic rings. The Morgan fingerprint density at radius 3 is 2.35 bits per heavy atom. The van der Waals surface area contributed by atoms with Crippen LogP contribution in [0.4, 0.5) is 10.3 Å². The summed E-state index contributed by atoms with van der Waals surface area (Å²) in [6.07, 6.45) is 1.77. The van der Waals surface area contributed by atoms with Gasteiger partial charge in [-0.2, -0.15) is 0 Å². The average molecular weight is 388 g/mol. The van der Waals surface area contributed by atoms with E-state index in [1.807, 2.05) is 29.6 Å². The molecule has 0 saturated carbocycles. The number of methoxy groups -OCH3 is 1. The van der Waals surface area contributed by atoms with Crippen LogP contribution in [0.3, 0.4) is 0 Å². The Labute approximate surface area is 158 Å². The highest BCUT2D eigenvalue weighted by molar-refractivity contribution is 7.14. The smallest absolute Gasteiger partial charge is 0.226 e. The zero-order valence-electron chi connectivity index (χ0n) is 13.9. The maximum absolute atomic E-state index is 12.0. The molecule has 0 aliphatic carbocycles. The summed E-state index contributed by atoms with van der Waals surface area (Å²) in [6.45, 7) is 0. The molecule has 2 heterocycles. The summed E-state index contributed by atoms with van der Waals surface area (Å²) in [5.41, 5.74) is 1.71. The third kappa shape index (κ3) is 4.87. The fraction of sp³-hybridized carbons (Fsp3) is 0.176. The molecule has 134 valence electrons. The van der Waals surface area contributed by atoms with Gasteiger partial charge in [0, 0.05) is 35.4 Å². The van der Waals surface area contributed by atoms with Crippen LogP contribution in [0.25, 0.3) is 11.3 Å². The second kappa shape index (κ2) is 8.54. The topological polar surface area (TPSA) is 93.2 Å². The Bertz CT molecular complexity index is 876. The number of ether oxygens (including phenoxy) is 1. The lowest BCUT2D eigenvalue weighted by Crippen LogP contribution is -2.17. The Kier molecular flexibility index (Phi) is 5.92. The van der Waals surface area contributed by atoms with Crippen LogP contribution in [0, 0.1) is 0 Å². The second-order valence-corrected chi connectivity index (χ2v) is 6.95. The van der Waals surface area contributed by atoms with Gasteiger partial charge in [0.25, 0.3) is 0 Å². The number of rotatable bonds is 7. The molecule has 2 aromatic heterocycles. The number of carbonyl (C=O) groups excluding carboxylic acids is 2. The van der Waals surface area contributed by atoms with Crippen LogP contribution >= 0.6 is 22.7 Å². The van der Waals surface area contributed by atoms with Crippen molar-refractivity contribution in [3.63, 3.8) is 0 Å². The van der Waals surface area contributed by atoms with Gasteiger partial charge >= 0.3 is 0 Å². The van der Waals surface area contributed by atoms with Gasteiger partial charge in [0.15, 0.2) is 10.3 Å². The van der Waals surface area contributed by atoms with Crippen LogP contribution in [-0.2, 0) is 9.59 Å². The number of carbonyl (C=O) groups is 2. The van der Waals surface area contributed by atoms with Crippen molar-refractivity contribution in [3.8, 4) is 17.0 Å². The van der Waals surface area contributed by atoms with E-state index in [0.717, 1.165) is 17.0 Å². The Morgan fingerprint density at radius 2 is 1.73 bits per heavy atom. The molecule has 0 bridgehead atoms. The maximum Gasteiger partial charge on any atom is 0.226 e. The van der Waals surface area contributed by atoms with Gasteiger partial charge in [0.05, 0.1) is 12.8 Å². The summed E-state index contributed by atoms with van der Waals surface area (Å²) >= 11 is 2.67. The van der Waals surface area contributed by atoms with Crippen LogP contribution in [0.2, 0.25) is 0 Å². The van der Waals surface area contributed by atoms with Crippen molar-refractivity contribution < 1.29 is 14.3 Å². The molecule has 1 aromatic carbocycles. The normalized spacial score (nSPS) is 10.3. The predicted molar refractivity (Wildman–Crippen MR) is 103 cm³/mol. The monoisotopic (exact) mass is 388 g/mol. The van der Waals surface area contributed by atoms with Gasteiger partial charge in [-0.15, -0.1) is 22.7 Å². The quantitative estimate of drug-likeness (QED) is 0.645. The van der Waals surface area contributed by atoms with Crippen LogP contribution < -0.4 is 15.4 Å². The van der Waals surface area contributed by atoms with E-state index in [9.17, 15) is 9.59 Å². The van der Waals surface area contributed by atoms with Gasteiger partial charge in [-0.05, 0) is 24.3 Å². The molecule has 26 heavy (non-hydrogen) atoms. The molecule has 2 amide bonds. The number of benzene rings is 1. The van der Waals surface area contributed by atoms with Gasteiger partial charge < -0.3 is 15.4 Å². The lowest BCUT2D eigenvalue weighted by atomic mass is 10.2. The van der Waals surface area contributed by atoms with Gasteiger partial charge in [0.1, 0.15) is 5.75 Å². The van der Waals surface area contributed by atoms with Crippen LogP contribution in [0.15, 0.2) is 41.2 Å². The summed E-state index contributed by atoms with van der Waals surface area (Å²) in [6, 6.07) is 7.52. The number of aromatic nitrogens is 2.